The van der Waals surface area contributed by atoms with Crippen LogP contribution in [0.2, 0.25) is 0 Å². The molecule has 0 amide bonds. The van der Waals surface area contributed by atoms with Gasteiger partial charge in [0.05, 0.1) is 0 Å². The molecule has 0 atom stereocenters. The van der Waals surface area contributed by atoms with Gasteiger partial charge in [0, 0.05) is 44.3 Å². The van der Waals surface area contributed by atoms with E-state index in [9.17, 15) is 0 Å². The van der Waals surface area contributed by atoms with Crippen molar-refractivity contribution in [3.63, 3.8) is 0 Å². The SMILES string of the molecule is CC(C)c1ccc(NC(=S)N2CCN(c3ncccn3)CC2)cc1. The van der Waals surface area contributed by atoms with E-state index in [0.717, 1.165) is 42.9 Å². The van der Waals surface area contributed by atoms with Gasteiger partial charge in [0.25, 0.3) is 0 Å². The lowest BCUT2D eigenvalue weighted by atomic mass is 10.0. The highest BCUT2D eigenvalue weighted by Gasteiger charge is 2.20. The van der Waals surface area contributed by atoms with Crippen LogP contribution in [-0.4, -0.2) is 46.2 Å². The van der Waals surface area contributed by atoms with Crippen molar-refractivity contribution in [1.29, 1.82) is 0 Å². The molecule has 126 valence electrons. The third-order valence-electron chi connectivity index (χ3n) is 4.23. The molecule has 24 heavy (non-hydrogen) atoms. The highest BCUT2D eigenvalue weighted by Crippen LogP contribution is 2.18. The van der Waals surface area contributed by atoms with E-state index in [4.69, 9.17) is 12.2 Å². The number of nitrogens with one attached hydrogen (secondary N) is 1. The van der Waals surface area contributed by atoms with Gasteiger partial charge in [0.1, 0.15) is 0 Å². The van der Waals surface area contributed by atoms with Crippen molar-refractivity contribution in [2.75, 3.05) is 36.4 Å². The van der Waals surface area contributed by atoms with E-state index in [0.29, 0.717) is 5.92 Å². The van der Waals surface area contributed by atoms with Crippen molar-refractivity contribution >= 4 is 29.0 Å². The zero-order chi connectivity index (χ0) is 16.9. The average Bonchev–Trinajstić information content (AvgIpc) is 2.63. The fourth-order valence-electron chi connectivity index (χ4n) is 2.72. The molecule has 1 aromatic heterocycles. The largest absolute Gasteiger partial charge is 0.345 e. The molecule has 0 spiro atoms. The second-order valence-electron chi connectivity index (χ2n) is 6.23. The topological polar surface area (TPSA) is 44.3 Å². The molecule has 2 heterocycles. The molecule has 0 radical (unpaired) electrons. The molecule has 1 aliphatic heterocycles. The van der Waals surface area contributed by atoms with Gasteiger partial charge in [-0.05, 0) is 41.9 Å². The number of benzene rings is 1. The number of aromatic nitrogens is 2. The van der Waals surface area contributed by atoms with E-state index >= 15 is 0 Å². The van der Waals surface area contributed by atoms with Crippen LogP contribution >= 0.6 is 12.2 Å². The summed E-state index contributed by atoms with van der Waals surface area (Å²) in [6, 6.07) is 10.3. The Labute approximate surface area is 148 Å². The van der Waals surface area contributed by atoms with E-state index in [-0.39, 0.29) is 0 Å². The lowest BCUT2D eigenvalue weighted by molar-refractivity contribution is 0.388. The number of nitrogens with zero attached hydrogens (tertiary/aromatic N) is 4. The molecule has 2 aromatic rings. The van der Waals surface area contributed by atoms with Gasteiger partial charge in [0.15, 0.2) is 5.11 Å². The molecule has 1 aliphatic rings. The normalized spacial score (nSPS) is 14.8. The molecule has 0 aliphatic carbocycles. The van der Waals surface area contributed by atoms with Crippen molar-refractivity contribution in [2.24, 2.45) is 0 Å². The second-order valence-corrected chi connectivity index (χ2v) is 6.62. The number of piperazine rings is 1. The summed E-state index contributed by atoms with van der Waals surface area (Å²) in [5, 5.41) is 4.12. The molecular formula is C18H23N5S. The van der Waals surface area contributed by atoms with E-state index in [1.165, 1.54) is 5.56 Å². The van der Waals surface area contributed by atoms with Crippen LogP contribution in [0.25, 0.3) is 0 Å². The van der Waals surface area contributed by atoms with Gasteiger partial charge >= 0.3 is 0 Å². The van der Waals surface area contributed by atoms with Gasteiger partial charge in [-0.15, -0.1) is 0 Å². The fourth-order valence-corrected chi connectivity index (χ4v) is 3.02. The molecule has 0 bridgehead atoms. The molecule has 1 fully saturated rings. The number of anilines is 2. The van der Waals surface area contributed by atoms with Gasteiger partial charge < -0.3 is 15.1 Å². The Bertz CT molecular complexity index is 664. The Hall–Kier alpha value is -2.21. The highest BCUT2D eigenvalue weighted by molar-refractivity contribution is 7.80. The average molecular weight is 341 g/mol. The number of thiocarbonyl (C=S) groups is 1. The van der Waals surface area contributed by atoms with E-state index in [2.05, 4.69) is 63.2 Å². The smallest absolute Gasteiger partial charge is 0.225 e. The first-order chi connectivity index (χ1) is 11.6. The number of rotatable bonds is 3. The van der Waals surface area contributed by atoms with E-state index in [1.807, 2.05) is 6.07 Å². The monoisotopic (exact) mass is 341 g/mol. The van der Waals surface area contributed by atoms with Crippen LogP contribution in [-0.2, 0) is 0 Å². The minimum absolute atomic E-state index is 0.541. The molecule has 5 nitrogen and oxygen atoms in total. The molecule has 6 heteroatoms. The maximum Gasteiger partial charge on any atom is 0.225 e. The maximum absolute atomic E-state index is 5.56. The summed E-state index contributed by atoms with van der Waals surface area (Å²) in [4.78, 5) is 13.0. The van der Waals surface area contributed by atoms with Gasteiger partial charge in [-0.25, -0.2) is 9.97 Å². The van der Waals surface area contributed by atoms with Crippen molar-refractivity contribution in [1.82, 2.24) is 14.9 Å². The first-order valence-corrected chi connectivity index (χ1v) is 8.72. The zero-order valence-electron chi connectivity index (χ0n) is 14.1. The van der Waals surface area contributed by atoms with Gasteiger partial charge in [0.2, 0.25) is 5.95 Å². The summed E-state index contributed by atoms with van der Waals surface area (Å²) in [5.74, 6) is 1.33. The van der Waals surface area contributed by atoms with Gasteiger partial charge in [-0.3, -0.25) is 0 Å². The maximum atomic E-state index is 5.56. The van der Waals surface area contributed by atoms with E-state index in [1.54, 1.807) is 12.4 Å². The summed E-state index contributed by atoms with van der Waals surface area (Å²) >= 11 is 5.56. The highest BCUT2D eigenvalue weighted by atomic mass is 32.1. The second kappa shape index (κ2) is 7.57. The van der Waals surface area contributed by atoms with Crippen LogP contribution in [0.4, 0.5) is 11.6 Å². The van der Waals surface area contributed by atoms with Crippen molar-refractivity contribution < 1.29 is 0 Å². The first kappa shape index (κ1) is 16.6. The molecule has 3 rings (SSSR count). The minimum atomic E-state index is 0.541. The molecule has 0 saturated carbocycles. The van der Waals surface area contributed by atoms with Crippen LogP contribution in [0.15, 0.2) is 42.7 Å². The Morgan fingerprint density at radius 1 is 1.04 bits per heavy atom. The van der Waals surface area contributed by atoms with Crippen LogP contribution in [0.1, 0.15) is 25.3 Å². The lowest BCUT2D eigenvalue weighted by Crippen LogP contribution is -2.50. The fraction of sp³-hybridized carbons (Fsp3) is 0.389. The third kappa shape index (κ3) is 4.00. The summed E-state index contributed by atoms with van der Waals surface area (Å²) in [7, 11) is 0. The molecule has 1 aromatic carbocycles. The molecule has 1 N–H and O–H groups in total. The van der Waals surface area contributed by atoms with Crippen molar-refractivity contribution in [3.05, 3.63) is 48.3 Å². The minimum Gasteiger partial charge on any atom is -0.345 e. The summed E-state index contributed by atoms with van der Waals surface area (Å²) in [6.45, 7) is 7.88. The summed E-state index contributed by atoms with van der Waals surface area (Å²) < 4.78 is 0. The van der Waals surface area contributed by atoms with Gasteiger partial charge in [-0.2, -0.15) is 0 Å². The van der Waals surface area contributed by atoms with Crippen LogP contribution in [0, 0.1) is 0 Å². The number of hydrogen-bond donors (Lipinski definition) is 1. The molecule has 0 unspecified atom stereocenters. The summed E-state index contributed by atoms with van der Waals surface area (Å²) in [6.07, 6.45) is 3.56. The van der Waals surface area contributed by atoms with Crippen LogP contribution in [0.5, 0.6) is 0 Å². The zero-order valence-corrected chi connectivity index (χ0v) is 15.0. The Balaban J connectivity index is 1.53. The van der Waals surface area contributed by atoms with Crippen LogP contribution < -0.4 is 10.2 Å². The Morgan fingerprint density at radius 2 is 1.67 bits per heavy atom. The molecular weight excluding hydrogens is 318 g/mol. The predicted molar refractivity (Wildman–Crippen MR) is 103 cm³/mol. The standard InChI is InChI=1S/C18H23N5S/c1-14(2)15-4-6-16(7-5-15)21-18(24)23-12-10-22(11-13-23)17-19-8-3-9-20-17/h3-9,14H,10-13H2,1-2H3,(H,21,24). The predicted octanol–water partition coefficient (Wildman–Crippen LogP) is 3.12. The Morgan fingerprint density at radius 3 is 2.25 bits per heavy atom. The van der Waals surface area contributed by atoms with Crippen molar-refractivity contribution in [2.45, 2.75) is 19.8 Å². The molecule has 1 saturated heterocycles. The van der Waals surface area contributed by atoms with Crippen LogP contribution in [0.3, 0.4) is 0 Å². The quantitative estimate of drug-likeness (QED) is 0.866. The third-order valence-corrected chi connectivity index (χ3v) is 4.59. The van der Waals surface area contributed by atoms with Crippen molar-refractivity contribution in [3.8, 4) is 0 Å². The van der Waals surface area contributed by atoms with Gasteiger partial charge in [-0.1, -0.05) is 26.0 Å². The Kier molecular flexibility index (Phi) is 5.25. The lowest BCUT2D eigenvalue weighted by Gasteiger charge is -2.36. The summed E-state index contributed by atoms with van der Waals surface area (Å²) in [5.41, 5.74) is 2.38. The van der Waals surface area contributed by atoms with E-state index < -0.39 is 0 Å². The first-order valence-electron chi connectivity index (χ1n) is 8.31. The number of hydrogen-bond acceptors (Lipinski definition) is 4.